The molecular formula is C27H32N2O6P+. The van der Waals surface area contributed by atoms with Crippen molar-refractivity contribution in [3.05, 3.63) is 96.1 Å². The van der Waals surface area contributed by atoms with Gasteiger partial charge in [-0.1, -0.05) is 84.9 Å². The number of carboxylic acid groups (broad SMARTS) is 1. The largest absolute Gasteiger partial charge is 0.480 e. The van der Waals surface area contributed by atoms with Gasteiger partial charge in [0.25, 0.3) is 7.37 Å². The van der Waals surface area contributed by atoms with Crippen molar-refractivity contribution in [3.8, 4) is 11.1 Å². The van der Waals surface area contributed by atoms with E-state index in [-0.39, 0.29) is 6.42 Å². The van der Waals surface area contributed by atoms with E-state index in [1.165, 1.54) is 6.92 Å². The summed E-state index contributed by atoms with van der Waals surface area (Å²) in [7, 11) is -3.98. The zero-order valence-corrected chi connectivity index (χ0v) is 20.9. The van der Waals surface area contributed by atoms with Crippen LogP contribution in [-0.2, 0) is 20.6 Å². The summed E-state index contributed by atoms with van der Waals surface area (Å²) in [6.07, 6.45) is -1.63. The van der Waals surface area contributed by atoms with E-state index in [1.807, 2.05) is 54.6 Å². The standard InChI is InChI=1S/C27H31N2O6P/c1-18(30)24(27(32)33)29-26(31)23(17-36(34,35)25(28)22-10-6-3-7-11-22)16-19-12-14-21(15-13-19)20-8-4-2-5-9-20/h2-15,18,23-25,30H,16-17,28H2,1H3,(H,29,31)(H,32,33)(H,34,35)/p+1/t18?,23-,24+,25+/m1/s1. The van der Waals surface area contributed by atoms with Crippen LogP contribution >= 0.6 is 7.37 Å². The number of rotatable bonds is 11. The average molecular weight is 512 g/mol. The van der Waals surface area contributed by atoms with Crippen LogP contribution in [0.1, 0.15) is 23.8 Å². The van der Waals surface area contributed by atoms with Crippen molar-refractivity contribution in [1.82, 2.24) is 5.32 Å². The van der Waals surface area contributed by atoms with Gasteiger partial charge in [0.2, 0.25) is 5.91 Å². The van der Waals surface area contributed by atoms with E-state index in [0.29, 0.717) is 5.56 Å². The van der Waals surface area contributed by atoms with Crippen LogP contribution in [0.4, 0.5) is 0 Å². The molecule has 3 aromatic rings. The molecule has 0 saturated heterocycles. The third-order valence-electron chi connectivity index (χ3n) is 6.11. The first kappa shape index (κ1) is 27.3. The van der Waals surface area contributed by atoms with Gasteiger partial charge in [-0.3, -0.25) is 9.36 Å². The maximum Gasteiger partial charge on any atom is 0.328 e. The van der Waals surface area contributed by atoms with Gasteiger partial charge in [-0.15, -0.1) is 0 Å². The number of carbonyl (C=O) groups is 2. The second kappa shape index (κ2) is 12.1. The van der Waals surface area contributed by atoms with Crippen LogP contribution in [0.5, 0.6) is 0 Å². The Morgan fingerprint density at radius 3 is 1.97 bits per heavy atom. The highest BCUT2D eigenvalue weighted by Crippen LogP contribution is 2.52. The molecule has 3 rings (SSSR count). The molecule has 0 fully saturated rings. The number of hydrogen-bond acceptors (Lipinski definition) is 4. The normalized spacial score (nSPS) is 16.2. The topological polar surface area (TPSA) is 152 Å². The third kappa shape index (κ3) is 7.12. The Kier molecular flexibility index (Phi) is 9.18. The third-order valence-corrected chi connectivity index (χ3v) is 8.35. The molecule has 0 radical (unpaired) electrons. The molecule has 0 aliphatic carbocycles. The molecule has 0 bridgehead atoms. The molecule has 1 amide bonds. The summed E-state index contributed by atoms with van der Waals surface area (Å²) in [5.74, 6) is -4.08. The highest BCUT2D eigenvalue weighted by Gasteiger charge is 2.39. The first-order valence-electron chi connectivity index (χ1n) is 11.6. The Morgan fingerprint density at radius 1 is 0.917 bits per heavy atom. The van der Waals surface area contributed by atoms with Crippen LogP contribution in [0.15, 0.2) is 84.9 Å². The lowest BCUT2D eigenvalue weighted by Gasteiger charge is -2.25. The molecule has 2 unspecified atom stereocenters. The molecule has 36 heavy (non-hydrogen) atoms. The zero-order chi connectivity index (χ0) is 26.3. The van der Waals surface area contributed by atoms with Gasteiger partial charge < -0.3 is 26.2 Å². The van der Waals surface area contributed by atoms with Crippen molar-refractivity contribution >= 4 is 19.2 Å². The average Bonchev–Trinajstić information content (AvgIpc) is 2.87. The van der Waals surface area contributed by atoms with Crippen LogP contribution in [0.2, 0.25) is 0 Å². The first-order valence-corrected chi connectivity index (χ1v) is 13.5. The van der Waals surface area contributed by atoms with Gasteiger partial charge in [0.05, 0.1) is 12.0 Å². The maximum absolute atomic E-state index is 13.4. The maximum atomic E-state index is 13.4. The minimum Gasteiger partial charge on any atom is -0.480 e. The molecule has 0 aliphatic rings. The molecule has 3 aromatic carbocycles. The van der Waals surface area contributed by atoms with Gasteiger partial charge >= 0.3 is 5.97 Å². The number of carboxylic acids is 1. The number of aliphatic carboxylic acids is 1. The molecule has 7 N–H and O–H groups in total. The summed E-state index contributed by atoms with van der Waals surface area (Å²) < 4.78 is 13.4. The minimum absolute atomic E-state index is 0.110. The highest BCUT2D eigenvalue weighted by atomic mass is 31.2. The Hall–Kier alpha value is -3.29. The summed E-state index contributed by atoms with van der Waals surface area (Å²) in [6.45, 7) is 1.26. The minimum atomic E-state index is -3.98. The molecule has 5 atom stereocenters. The number of aliphatic hydroxyl groups excluding tert-OH is 1. The summed E-state index contributed by atoms with van der Waals surface area (Å²) in [6, 6.07) is 24.4. The number of quaternary nitrogens is 1. The molecule has 0 aliphatic heterocycles. The van der Waals surface area contributed by atoms with Crippen molar-refractivity contribution in [3.63, 3.8) is 0 Å². The van der Waals surface area contributed by atoms with Gasteiger partial charge in [0, 0.05) is 11.7 Å². The quantitative estimate of drug-likeness (QED) is 0.250. The number of aliphatic hydroxyl groups is 1. The zero-order valence-electron chi connectivity index (χ0n) is 20.0. The predicted octanol–water partition coefficient (Wildman–Crippen LogP) is 2.67. The lowest BCUT2D eigenvalue weighted by molar-refractivity contribution is -0.397. The highest BCUT2D eigenvalue weighted by molar-refractivity contribution is 7.58. The fourth-order valence-corrected chi connectivity index (χ4v) is 5.82. The van der Waals surface area contributed by atoms with Crippen LogP contribution in [0.25, 0.3) is 11.1 Å². The molecule has 8 nitrogen and oxygen atoms in total. The molecular weight excluding hydrogens is 479 g/mol. The van der Waals surface area contributed by atoms with Gasteiger partial charge in [-0.2, -0.15) is 0 Å². The molecule has 0 aromatic heterocycles. The summed E-state index contributed by atoms with van der Waals surface area (Å²) >= 11 is 0. The van der Waals surface area contributed by atoms with E-state index >= 15 is 0 Å². The molecule has 0 spiro atoms. The number of nitrogens with one attached hydrogen (secondary N) is 1. The Labute approximate surface area is 210 Å². The van der Waals surface area contributed by atoms with E-state index in [0.717, 1.165) is 16.7 Å². The van der Waals surface area contributed by atoms with Crippen LogP contribution < -0.4 is 11.1 Å². The van der Waals surface area contributed by atoms with Gasteiger partial charge in [0.1, 0.15) is 0 Å². The summed E-state index contributed by atoms with van der Waals surface area (Å²) in [4.78, 5) is 35.6. The Bertz CT molecular complexity index is 1200. The van der Waals surface area contributed by atoms with Crippen LogP contribution in [0, 0.1) is 5.92 Å². The van der Waals surface area contributed by atoms with Crippen molar-refractivity contribution in [1.29, 1.82) is 0 Å². The van der Waals surface area contributed by atoms with E-state index in [9.17, 15) is 29.3 Å². The number of carbonyl (C=O) groups excluding carboxylic acids is 1. The van der Waals surface area contributed by atoms with Gasteiger partial charge in [-0.25, -0.2) is 4.79 Å². The lowest BCUT2D eigenvalue weighted by Crippen LogP contribution is -2.54. The van der Waals surface area contributed by atoms with Crippen molar-refractivity contribution in [2.75, 3.05) is 6.16 Å². The van der Waals surface area contributed by atoms with Crippen molar-refractivity contribution in [2.45, 2.75) is 31.3 Å². The van der Waals surface area contributed by atoms with Crippen molar-refractivity contribution in [2.24, 2.45) is 5.92 Å². The Morgan fingerprint density at radius 2 is 1.44 bits per heavy atom. The predicted molar refractivity (Wildman–Crippen MR) is 137 cm³/mol. The number of amides is 1. The van der Waals surface area contributed by atoms with Crippen molar-refractivity contribution < 1.29 is 35.0 Å². The van der Waals surface area contributed by atoms with Crippen LogP contribution in [-0.4, -0.2) is 45.3 Å². The SMILES string of the molecule is CC(O)[C@H](NC(=O)[C@H](Cc1ccc(-c2ccccc2)cc1)CP(=O)(O)[C@H]([NH3+])c1ccccc1)C(=O)O. The fraction of sp³-hybridized carbons (Fsp3) is 0.259. The van der Waals surface area contributed by atoms with E-state index in [4.69, 9.17) is 0 Å². The van der Waals surface area contributed by atoms with E-state index < -0.39 is 49.3 Å². The molecule has 9 heteroatoms. The summed E-state index contributed by atoms with van der Waals surface area (Å²) in [5.41, 5.74) is 7.21. The van der Waals surface area contributed by atoms with E-state index in [1.54, 1.807) is 30.3 Å². The molecule has 190 valence electrons. The smallest absolute Gasteiger partial charge is 0.328 e. The number of hydrogen-bond donors (Lipinski definition) is 5. The lowest BCUT2D eigenvalue weighted by atomic mass is 9.97. The Balaban J connectivity index is 1.86. The van der Waals surface area contributed by atoms with E-state index in [2.05, 4.69) is 11.1 Å². The first-order chi connectivity index (χ1) is 17.1. The second-order valence-electron chi connectivity index (χ2n) is 8.89. The second-order valence-corrected chi connectivity index (χ2v) is 11.4. The monoisotopic (exact) mass is 511 g/mol. The summed E-state index contributed by atoms with van der Waals surface area (Å²) in [5, 5.41) is 21.5. The molecule has 0 heterocycles. The number of benzene rings is 3. The van der Waals surface area contributed by atoms with Crippen LogP contribution in [0.3, 0.4) is 0 Å². The van der Waals surface area contributed by atoms with Gasteiger partial charge in [-0.05, 0) is 30.0 Å². The molecule has 0 saturated carbocycles. The van der Waals surface area contributed by atoms with Gasteiger partial charge in [0.15, 0.2) is 11.8 Å². The fourth-order valence-electron chi connectivity index (χ4n) is 4.00.